The molecule has 1 saturated carbocycles. The molecule has 1 saturated heterocycles. The van der Waals surface area contributed by atoms with E-state index in [0.29, 0.717) is 11.5 Å². The highest BCUT2D eigenvalue weighted by Crippen LogP contribution is 2.39. The fourth-order valence-corrected chi connectivity index (χ4v) is 3.20. The van der Waals surface area contributed by atoms with E-state index in [1.54, 1.807) is 0 Å². The second-order valence-electron chi connectivity index (χ2n) is 6.14. The summed E-state index contributed by atoms with van der Waals surface area (Å²) in [4.78, 5) is 0. The third-order valence-electron chi connectivity index (χ3n) is 4.38. The first-order valence-corrected chi connectivity index (χ1v) is 6.61. The van der Waals surface area contributed by atoms with Crippen LogP contribution in [0.1, 0.15) is 32.6 Å². The topological polar surface area (TPSA) is 18.5 Å². The van der Waals surface area contributed by atoms with Crippen molar-refractivity contribution in [3.8, 4) is 0 Å². The molecule has 2 fully saturated rings. The van der Waals surface area contributed by atoms with Gasteiger partial charge in [-0.25, -0.2) is 0 Å². The first kappa shape index (κ1) is 10.8. The van der Waals surface area contributed by atoms with Gasteiger partial charge < -0.3 is 9.47 Å². The summed E-state index contributed by atoms with van der Waals surface area (Å²) < 4.78 is 11.3. The minimum absolute atomic E-state index is 0.310. The zero-order chi connectivity index (χ0) is 11.0. The van der Waals surface area contributed by atoms with Crippen molar-refractivity contribution in [1.82, 2.24) is 0 Å². The molecule has 0 aromatic heterocycles. The maximum Gasteiger partial charge on any atom is 0.0578 e. The minimum atomic E-state index is 0.310. The van der Waals surface area contributed by atoms with Gasteiger partial charge in [0, 0.05) is 5.41 Å². The molecule has 0 aromatic carbocycles. The van der Waals surface area contributed by atoms with E-state index in [2.05, 4.69) is 19.1 Å². The lowest BCUT2D eigenvalue weighted by molar-refractivity contribution is -0.154. The second-order valence-corrected chi connectivity index (χ2v) is 6.14. The Morgan fingerprint density at radius 1 is 1.38 bits per heavy atom. The average Bonchev–Trinajstić information content (AvgIpc) is 2.70. The Balaban J connectivity index is 1.46. The first-order valence-electron chi connectivity index (χ1n) is 6.61. The summed E-state index contributed by atoms with van der Waals surface area (Å²) in [7, 11) is 0. The summed E-state index contributed by atoms with van der Waals surface area (Å²) >= 11 is 0. The van der Waals surface area contributed by atoms with Crippen LogP contribution in [0.15, 0.2) is 12.2 Å². The maximum atomic E-state index is 6.09. The molecule has 0 N–H and O–H groups in total. The van der Waals surface area contributed by atoms with Gasteiger partial charge in [-0.1, -0.05) is 19.1 Å². The Kier molecular flexibility index (Phi) is 2.80. The third kappa shape index (κ3) is 2.05. The fourth-order valence-electron chi connectivity index (χ4n) is 3.20. The predicted octanol–water partition coefficient (Wildman–Crippen LogP) is 2.78. The van der Waals surface area contributed by atoms with Crippen molar-refractivity contribution >= 4 is 0 Å². The summed E-state index contributed by atoms with van der Waals surface area (Å²) in [6, 6.07) is 0. The SMILES string of the molecule is CC1(COC2CCC3C=CCC3C2)COC1. The lowest BCUT2D eigenvalue weighted by Gasteiger charge is -2.40. The molecule has 2 nitrogen and oxygen atoms in total. The molecule has 90 valence electrons. The highest BCUT2D eigenvalue weighted by atomic mass is 16.5. The van der Waals surface area contributed by atoms with Crippen molar-refractivity contribution in [1.29, 1.82) is 0 Å². The van der Waals surface area contributed by atoms with Crippen LogP contribution in [0, 0.1) is 17.3 Å². The van der Waals surface area contributed by atoms with Gasteiger partial charge in [0.15, 0.2) is 0 Å². The summed E-state index contributed by atoms with van der Waals surface area (Å²) in [5, 5.41) is 0. The van der Waals surface area contributed by atoms with Crippen molar-refractivity contribution in [2.75, 3.05) is 19.8 Å². The minimum Gasteiger partial charge on any atom is -0.380 e. The molecule has 3 rings (SSSR count). The van der Waals surface area contributed by atoms with Crippen LogP contribution in [-0.2, 0) is 9.47 Å². The van der Waals surface area contributed by atoms with Gasteiger partial charge in [0.1, 0.15) is 0 Å². The average molecular weight is 222 g/mol. The van der Waals surface area contributed by atoms with E-state index >= 15 is 0 Å². The Hall–Kier alpha value is -0.340. The van der Waals surface area contributed by atoms with E-state index in [4.69, 9.17) is 9.47 Å². The standard InChI is InChI=1S/C14H22O2/c1-14(8-15-9-14)10-16-13-6-5-11-3-2-4-12(11)7-13/h2-3,11-13H,4-10H2,1H3. The predicted molar refractivity (Wildman–Crippen MR) is 63.3 cm³/mol. The number of hydrogen-bond donors (Lipinski definition) is 0. The van der Waals surface area contributed by atoms with Crippen LogP contribution in [0.5, 0.6) is 0 Å². The molecule has 1 aliphatic heterocycles. The molecule has 0 radical (unpaired) electrons. The number of allylic oxidation sites excluding steroid dienone is 2. The molecule has 2 aliphatic carbocycles. The molecule has 0 bridgehead atoms. The summed E-state index contributed by atoms with van der Waals surface area (Å²) in [6.07, 6.45) is 10.4. The van der Waals surface area contributed by atoms with E-state index < -0.39 is 0 Å². The van der Waals surface area contributed by atoms with Gasteiger partial charge in [-0.3, -0.25) is 0 Å². The van der Waals surface area contributed by atoms with Gasteiger partial charge in [0.25, 0.3) is 0 Å². The van der Waals surface area contributed by atoms with Crippen LogP contribution in [0.4, 0.5) is 0 Å². The normalized spacial score (nSPS) is 40.4. The van der Waals surface area contributed by atoms with Crippen LogP contribution in [0.3, 0.4) is 0 Å². The van der Waals surface area contributed by atoms with Gasteiger partial charge in [-0.05, 0) is 37.5 Å². The van der Waals surface area contributed by atoms with Crippen LogP contribution in [0.2, 0.25) is 0 Å². The highest BCUT2D eigenvalue weighted by molar-refractivity contribution is 5.03. The van der Waals surface area contributed by atoms with Crippen molar-refractivity contribution in [2.45, 2.75) is 38.7 Å². The van der Waals surface area contributed by atoms with Gasteiger partial charge >= 0.3 is 0 Å². The second kappa shape index (κ2) is 4.15. The van der Waals surface area contributed by atoms with Gasteiger partial charge in [0.05, 0.1) is 25.9 Å². The highest BCUT2D eigenvalue weighted by Gasteiger charge is 2.36. The molecule has 0 spiro atoms. The summed E-state index contributed by atoms with van der Waals surface area (Å²) in [6.45, 7) is 4.92. The quantitative estimate of drug-likeness (QED) is 0.684. The number of ether oxygens (including phenoxy) is 2. The number of fused-ring (bicyclic) bond motifs is 1. The summed E-state index contributed by atoms with van der Waals surface area (Å²) in [5.41, 5.74) is 0.310. The zero-order valence-electron chi connectivity index (χ0n) is 10.2. The van der Waals surface area contributed by atoms with Crippen LogP contribution in [-0.4, -0.2) is 25.9 Å². The monoisotopic (exact) mass is 222 g/mol. The van der Waals surface area contributed by atoms with E-state index in [-0.39, 0.29) is 0 Å². The molecular formula is C14H22O2. The number of rotatable bonds is 3. The lowest BCUT2D eigenvalue weighted by Crippen LogP contribution is -2.44. The van der Waals surface area contributed by atoms with Crippen LogP contribution < -0.4 is 0 Å². The largest absolute Gasteiger partial charge is 0.380 e. The van der Waals surface area contributed by atoms with Crippen LogP contribution >= 0.6 is 0 Å². The molecule has 0 aromatic rings. The van der Waals surface area contributed by atoms with Gasteiger partial charge in [-0.15, -0.1) is 0 Å². The van der Waals surface area contributed by atoms with Gasteiger partial charge in [0.2, 0.25) is 0 Å². The first-order chi connectivity index (χ1) is 7.75. The molecule has 16 heavy (non-hydrogen) atoms. The smallest absolute Gasteiger partial charge is 0.0578 e. The Morgan fingerprint density at radius 3 is 3.00 bits per heavy atom. The maximum absolute atomic E-state index is 6.09. The van der Waals surface area contributed by atoms with Crippen LogP contribution in [0.25, 0.3) is 0 Å². The van der Waals surface area contributed by atoms with E-state index in [1.807, 2.05) is 0 Å². The lowest BCUT2D eigenvalue weighted by atomic mass is 9.80. The Morgan fingerprint density at radius 2 is 2.25 bits per heavy atom. The molecule has 2 heteroatoms. The van der Waals surface area contributed by atoms with Crippen molar-refractivity contribution in [3.63, 3.8) is 0 Å². The van der Waals surface area contributed by atoms with Crippen molar-refractivity contribution < 1.29 is 9.47 Å². The molecule has 3 unspecified atom stereocenters. The molecule has 3 atom stereocenters. The van der Waals surface area contributed by atoms with Gasteiger partial charge in [-0.2, -0.15) is 0 Å². The van der Waals surface area contributed by atoms with Crippen molar-refractivity contribution in [3.05, 3.63) is 12.2 Å². The fraction of sp³-hybridized carbons (Fsp3) is 0.857. The Bertz CT molecular complexity index is 280. The molecule has 0 amide bonds. The molecular weight excluding hydrogens is 200 g/mol. The Labute approximate surface area is 98.0 Å². The third-order valence-corrected chi connectivity index (χ3v) is 4.38. The van der Waals surface area contributed by atoms with E-state index in [0.717, 1.165) is 31.7 Å². The molecule has 1 heterocycles. The molecule has 3 aliphatic rings. The summed E-state index contributed by atoms with van der Waals surface area (Å²) in [5.74, 6) is 1.74. The van der Waals surface area contributed by atoms with E-state index in [1.165, 1.54) is 25.7 Å². The van der Waals surface area contributed by atoms with E-state index in [9.17, 15) is 0 Å². The van der Waals surface area contributed by atoms with Crippen molar-refractivity contribution in [2.24, 2.45) is 17.3 Å². The zero-order valence-corrected chi connectivity index (χ0v) is 10.2. The number of hydrogen-bond acceptors (Lipinski definition) is 2.